The number of nitrogens with one attached hydrogen (secondary N) is 1. The Morgan fingerprint density at radius 2 is 2.28 bits per heavy atom. The summed E-state index contributed by atoms with van der Waals surface area (Å²) >= 11 is 0. The molecule has 1 heterocycles. The van der Waals surface area contributed by atoms with Gasteiger partial charge >= 0.3 is 5.97 Å². The van der Waals surface area contributed by atoms with E-state index < -0.39 is 5.97 Å². The summed E-state index contributed by atoms with van der Waals surface area (Å²) in [7, 11) is 2.98. The summed E-state index contributed by atoms with van der Waals surface area (Å²) in [6, 6.07) is 1.58. The van der Waals surface area contributed by atoms with Crippen LogP contribution in [0.5, 0.6) is 0 Å². The van der Waals surface area contributed by atoms with E-state index in [1.807, 2.05) is 0 Å². The number of nitrogens with two attached hydrogens (primary N) is 1. The Balaban J connectivity index is 2.70. The molecule has 1 aromatic heterocycles. The standard InChI is InChI=1S/C12H19N3O3/c1-8(7-17-2)5-14-11-4-9(12(16)18-3)10(13)6-15-11/h4,6,8H,5,7,13H2,1-3H3,(H,14,15). The lowest BCUT2D eigenvalue weighted by Gasteiger charge is -2.13. The minimum Gasteiger partial charge on any atom is -0.465 e. The molecule has 0 amide bonds. The number of carbonyl (C=O) groups is 1. The predicted molar refractivity (Wildman–Crippen MR) is 69.5 cm³/mol. The first-order chi connectivity index (χ1) is 8.58. The number of aromatic nitrogens is 1. The largest absolute Gasteiger partial charge is 0.465 e. The van der Waals surface area contributed by atoms with Crippen molar-refractivity contribution < 1.29 is 14.3 Å². The predicted octanol–water partition coefficient (Wildman–Crippen LogP) is 1.14. The van der Waals surface area contributed by atoms with E-state index in [0.29, 0.717) is 36.1 Å². The number of rotatable bonds is 6. The second-order valence-corrected chi connectivity index (χ2v) is 4.09. The highest BCUT2D eigenvalue weighted by Gasteiger charge is 2.11. The van der Waals surface area contributed by atoms with Gasteiger partial charge in [0.1, 0.15) is 5.82 Å². The molecule has 6 nitrogen and oxygen atoms in total. The molecule has 1 unspecified atom stereocenters. The Labute approximate surface area is 106 Å². The number of ether oxygens (including phenoxy) is 2. The molecule has 0 fully saturated rings. The van der Waals surface area contributed by atoms with Crippen LogP contribution in [0.4, 0.5) is 11.5 Å². The molecule has 0 aliphatic heterocycles. The monoisotopic (exact) mass is 253 g/mol. The van der Waals surface area contributed by atoms with Crippen molar-refractivity contribution in [1.29, 1.82) is 0 Å². The van der Waals surface area contributed by atoms with Gasteiger partial charge in [0.05, 0.1) is 31.2 Å². The number of hydrogen-bond acceptors (Lipinski definition) is 6. The van der Waals surface area contributed by atoms with Crippen molar-refractivity contribution in [1.82, 2.24) is 4.98 Å². The van der Waals surface area contributed by atoms with E-state index in [0.717, 1.165) is 0 Å². The van der Waals surface area contributed by atoms with Gasteiger partial charge in [-0.15, -0.1) is 0 Å². The number of anilines is 2. The Bertz CT molecular complexity index is 410. The van der Waals surface area contributed by atoms with E-state index in [1.54, 1.807) is 13.2 Å². The van der Waals surface area contributed by atoms with E-state index in [1.165, 1.54) is 13.3 Å². The number of nitrogen functional groups attached to an aromatic ring is 1. The molecule has 0 saturated heterocycles. The van der Waals surface area contributed by atoms with E-state index >= 15 is 0 Å². The summed E-state index contributed by atoms with van der Waals surface area (Å²) in [5.74, 6) is 0.464. The summed E-state index contributed by atoms with van der Waals surface area (Å²) in [4.78, 5) is 15.6. The molecule has 0 radical (unpaired) electrons. The van der Waals surface area contributed by atoms with Gasteiger partial charge in [-0.05, 0) is 12.0 Å². The average molecular weight is 253 g/mol. The third-order valence-corrected chi connectivity index (χ3v) is 2.42. The van der Waals surface area contributed by atoms with Crippen molar-refractivity contribution in [2.24, 2.45) is 5.92 Å². The first kappa shape index (κ1) is 14.2. The summed E-state index contributed by atoms with van der Waals surface area (Å²) in [5.41, 5.74) is 6.28. The van der Waals surface area contributed by atoms with Crippen molar-refractivity contribution in [2.75, 3.05) is 38.4 Å². The number of carbonyl (C=O) groups excluding carboxylic acids is 1. The van der Waals surface area contributed by atoms with Gasteiger partial charge in [0.15, 0.2) is 0 Å². The van der Waals surface area contributed by atoms with Crippen LogP contribution >= 0.6 is 0 Å². The quantitative estimate of drug-likeness (QED) is 0.739. The van der Waals surface area contributed by atoms with Crippen LogP contribution in [0.1, 0.15) is 17.3 Å². The summed E-state index contributed by atoms with van der Waals surface area (Å²) < 4.78 is 9.68. The maximum Gasteiger partial charge on any atom is 0.340 e. The highest BCUT2D eigenvalue weighted by atomic mass is 16.5. The maximum atomic E-state index is 11.4. The highest BCUT2D eigenvalue weighted by Crippen LogP contribution is 2.16. The van der Waals surface area contributed by atoms with Crippen molar-refractivity contribution in [3.8, 4) is 0 Å². The molecule has 6 heteroatoms. The fourth-order valence-electron chi connectivity index (χ4n) is 1.47. The van der Waals surface area contributed by atoms with Gasteiger partial charge in [-0.3, -0.25) is 0 Å². The molecule has 1 aromatic rings. The third-order valence-electron chi connectivity index (χ3n) is 2.42. The van der Waals surface area contributed by atoms with Crippen LogP contribution in [-0.2, 0) is 9.47 Å². The van der Waals surface area contributed by atoms with Crippen LogP contribution in [0.3, 0.4) is 0 Å². The summed E-state index contributed by atoms with van der Waals surface area (Å²) in [6.45, 7) is 3.41. The topological polar surface area (TPSA) is 86.5 Å². The third kappa shape index (κ3) is 3.89. The van der Waals surface area contributed by atoms with Crippen molar-refractivity contribution >= 4 is 17.5 Å². The van der Waals surface area contributed by atoms with Gasteiger partial charge in [0.25, 0.3) is 0 Å². The molecule has 1 rings (SSSR count). The minimum absolute atomic E-state index is 0.303. The van der Waals surface area contributed by atoms with Gasteiger partial charge in [0, 0.05) is 13.7 Å². The zero-order valence-electron chi connectivity index (χ0n) is 10.9. The normalized spacial score (nSPS) is 11.9. The number of hydrogen-bond donors (Lipinski definition) is 2. The second kappa shape index (κ2) is 6.80. The van der Waals surface area contributed by atoms with Crippen LogP contribution in [-0.4, -0.2) is 38.3 Å². The first-order valence-electron chi connectivity index (χ1n) is 5.65. The molecular formula is C12H19N3O3. The second-order valence-electron chi connectivity index (χ2n) is 4.09. The van der Waals surface area contributed by atoms with Gasteiger partial charge in [0.2, 0.25) is 0 Å². The molecule has 0 saturated carbocycles. The Morgan fingerprint density at radius 1 is 1.56 bits per heavy atom. The minimum atomic E-state index is -0.470. The average Bonchev–Trinajstić information content (AvgIpc) is 2.37. The zero-order chi connectivity index (χ0) is 13.5. The van der Waals surface area contributed by atoms with Crippen molar-refractivity contribution in [2.45, 2.75) is 6.92 Å². The van der Waals surface area contributed by atoms with E-state index in [2.05, 4.69) is 22.0 Å². The molecular weight excluding hydrogens is 234 g/mol. The SMILES string of the molecule is COCC(C)CNc1cc(C(=O)OC)c(N)cn1. The van der Waals surface area contributed by atoms with Crippen LogP contribution < -0.4 is 11.1 Å². The summed E-state index contributed by atoms with van der Waals surface area (Å²) in [5, 5.41) is 3.12. The Hall–Kier alpha value is -1.82. The molecule has 1 atom stereocenters. The molecule has 100 valence electrons. The maximum absolute atomic E-state index is 11.4. The lowest BCUT2D eigenvalue weighted by atomic mass is 10.2. The number of nitrogens with zero attached hydrogens (tertiary/aromatic N) is 1. The molecule has 0 bridgehead atoms. The summed E-state index contributed by atoms with van der Waals surface area (Å²) in [6.07, 6.45) is 1.44. The molecule has 18 heavy (non-hydrogen) atoms. The van der Waals surface area contributed by atoms with Crippen LogP contribution in [0.15, 0.2) is 12.3 Å². The molecule has 0 spiro atoms. The van der Waals surface area contributed by atoms with Gasteiger partial charge in [-0.25, -0.2) is 9.78 Å². The van der Waals surface area contributed by atoms with Crippen LogP contribution in [0.2, 0.25) is 0 Å². The fraction of sp³-hybridized carbons (Fsp3) is 0.500. The van der Waals surface area contributed by atoms with E-state index in [9.17, 15) is 4.79 Å². The van der Waals surface area contributed by atoms with E-state index in [4.69, 9.17) is 10.5 Å². The van der Waals surface area contributed by atoms with Gasteiger partial charge in [-0.1, -0.05) is 6.92 Å². The molecule has 0 aromatic carbocycles. The Morgan fingerprint density at radius 3 is 2.89 bits per heavy atom. The first-order valence-corrected chi connectivity index (χ1v) is 5.65. The van der Waals surface area contributed by atoms with Gasteiger partial charge < -0.3 is 20.5 Å². The lowest BCUT2D eigenvalue weighted by Crippen LogP contribution is -2.17. The number of esters is 1. The highest BCUT2D eigenvalue weighted by molar-refractivity contribution is 5.95. The molecule has 0 aliphatic rings. The number of methoxy groups -OCH3 is 2. The lowest BCUT2D eigenvalue weighted by molar-refractivity contribution is 0.0602. The molecule has 0 aliphatic carbocycles. The van der Waals surface area contributed by atoms with E-state index in [-0.39, 0.29) is 0 Å². The van der Waals surface area contributed by atoms with Crippen LogP contribution in [0, 0.1) is 5.92 Å². The van der Waals surface area contributed by atoms with Crippen molar-refractivity contribution in [3.05, 3.63) is 17.8 Å². The van der Waals surface area contributed by atoms with Gasteiger partial charge in [-0.2, -0.15) is 0 Å². The van der Waals surface area contributed by atoms with Crippen molar-refractivity contribution in [3.63, 3.8) is 0 Å². The smallest absolute Gasteiger partial charge is 0.340 e. The van der Waals surface area contributed by atoms with Crippen LogP contribution in [0.25, 0.3) is 0 Å². The molecule has 3 N–H and O–H groups in total. The zero-order valence-corrected chi connectivity index (χ0v) is 10.9. The number of pyridine rings is 1. The fourth-order valence-corrected chi connectivity index (χ4v) is 1.47. The Kier molecular flexibility index (Phi) is 5.38.